The number of benzene rings is 2. The Morgan fingerprint density at radius 2 is 1.78 bits per heavy atom. The summed E-state index contributed by atoms with van der Waals surface area (Å²) in [5.41, 5.74) is 3.04. The van der Waals surface area contributed by atoms with Crippen molar-refractivity contribution in [3.63, 3.8) is 0 Å². The molecule has 0 aliphatic heterocycles. The first-order valence-corrected chi connectivity index (χ1v) is 7.35. The van der Waals surface area contributed by atoms with E-state index in [4.69, 9.17) is 9.47 Å². The number of nitrogens with one attached hydrogen (secondary N) is 1. The lowest BCUT2D eigenvalue weighted by Gasteiger charge is -2.07. The van der Waals surface area contributed by atoms with E-state index in [1.165, 1.54) is 0 Å². The fraction of sp³-hybridized carbons (Fsp3) is 0.222. The van der Waals surface area contributed by atoms with E-state index < -0.39 is 12.1 Å². The summed E-state index contributed by atoms with van der Waals surface area (Å²) in [4.78, 5) is 23.3. The van der Waals surface area contributed by atoms with Crippen LogP contribution in [0.15, 0.2) is 48.5 Å². The van der Waals surface area contributed by atoms with Crippen LogP contribution < -0.4 is 5.32 Å². The number of carbonyl (C=O) groups is 2. The van der Waals surface area contributed by atoms with Crippen LogP contribution in [-0.2, 0) is 16.1 Å². The molecule has 1 amide bonds. The third-order valence-electron chi connectivity index (χ3n) is 3.09. The highest BCUT2D eigenvalue weighted by molar-refractivity contribution is 5.91. The van der Waals surface area contributed by atoms with Crippen LogP contribution in [-0.4, -0.2) is 18.7 Å². The molecule has 0 heterocycles. The summed E-state index contributed by atoms with van der Waals surface area (Å²) in [5.74, 6) is -0.408. The quantitative estimate of drug-likeness (QED) is 0.850. The molecule has 0 spiro atoms. The molecule has 0 saturated heterocycles. The van der Waals surface area contributed by atoms with Gasteiger partial charge in [-0.3, -0.25) is 5.32 Å². The molecule has 120 valence electrons. The van der Waals surface area contributed by atoms with Crippen molar-refractivity contribution in [2.75, 3.05) is 11.9 Å². The summed E-state index contributed by atoms with van der Waals surface area (Å²) in [6.45, 7) is 4.24. The summed E-state index contributed by atoms with van der Waals surface area (Å²) < 4.78 is 10.1. The summed E-state index contributed by atoms with van der Waals surface area (Å²) in [5, 5.41) is 2.56. The molecule has 5 nitrogen and oxygen atoms in total. The van der Waals surface area contributed by atoms with Gasteiger partial charge in [-0.1, -0.05) is 29.8 Å². The normalized spacial score (nSPS) is 10.0. The molecular weight excluding hydrogens is 294 g/mol. The van der Waals surface area contributed by atoms with Crippen molar-refractivity contribution in [1.29, 1.82) is 0 Å². The first-order valence-electron chi connectivity index (χ1n) is 7.35. The standard InChI is InChI=1S/C18H19NO4/c1-3-22-18(21)19-16-9-7-15(8-10-16)17(20)23-12-14-6-4-5-13(2)11-14/h4-11H,3,12H2,1-2H3,(H,19,21). The molecule has 1 N–H and O–H groups in total. The predicted octanol–water partition coefficient (Wildman–Crippen LogP) is 3.92. The Balaban J connectivity index is 1.91. The van der Waals surface area contributed by atoms with E-state index in [0.717, 1.165) is 11.1 Å². The molecule has 0 atom stereocenters. The first-order chi connectivity index (χ1) is 11.1. The van der Waals surface area contributed by atoms with Crippen LogP contribution in [0.4, 0.5) is 10.5 Å². The SMILES string of the molecule is CCOC(=O)Nc1ccc(C(=O)OCc2cccc(C)c2)cc1. The van der Waals surface area contributed by atoms with Gasteiger partial charge in [0, 0.05) is 5.69 Å². The zero-order valence-electron chi connectivity index (χ0n) is 13.2. The Hall–Kier alpha value is -2.82. The van der Waals surface area contributed by atoms with Crippen molar-refractivity contribution in [1.82, 2.24) is 0 Å². The van der Waals surface area contributed by atoms with Gasteiger partial charge in [-0.05, 0) is 43.7 Å². The minimum atomic E-state index is -0.526. The molecule has 0 aliphatic carbocycles. The van der Waals surface area contributed by atoms with Gasteiger partial charge in [-0.2, -0.15) is 0 Å². The lowest BCUT2D eigenvalue weighted by atomic mass is 10.1. The van der Waals surface area contributed by atoms with Crippen LogP contribution in [0.2, 0.25) is 0 Å². The highest BCUT2D eigenvalue weighted by Crippen LogP contribution is 2.12. The second-order valence-electron chi connectivity index (χ2n) is 4.99. The molecular formula is C18H19NO4. The van der Waals surface area contributed by atoms with Crippen LogP contribution in [0, 0.1) is 6.92 Å². The van der Waals surface area contributed by atoms with Gasteiger partial charge in [0.1, 0.15) is 6.61 Å². The Kier molecular flexibility index (Phi) is 5.74. The van der Waals surface area contributed by atoms with Crippen molar-refractivity contribution in [2.24, 2.45) is 0 Å². The zero-order valence-corrected chi connectivity index (χ0v) is 13.2. The number of amides is 1. The maximum atomic E-state index is 12.0. The molecule has 0 aliphatic rings. The molecule has 0 aromatic heterocycles. The Morgan fingerprint density at radius 1 is 1.04 bits per heavy atom. The van der Waals surface area contributed by atoms with Gasteiger partial charge in [0.05, 0.1) is 12.2 Å². The number of anilines is 1. The highest BCUT2D eigenvalue weighted by atomic mass is 16.5. The van der Waals surface area contributed by atoms with Crippen molar-refractivity contribution in [2.45, 2.75) is 20.5 Å². The number of hydrogen-bond donors (Lipinski definition) is 1. The van der Waals surface area contributed by atoms with E-state index in [0.29, 0.717) is 17.9 Å². The number of rotatable bonds is 5. The van der Waals surface area contributed by atoms with E-state index >= 15 is 0 Å². The maximum Gasteiger partial charge on any atom is 0.411 e. The van der Waals surface area contributed by atoms with Gasteiger partial charge in [0.15, 0.2) is 0 Å². The zero-order chi connectivity index (χ0) is 16.7. The second-order valence-corrected chi connectivity index (χ2v) is 4.99. The van der Waals surface area contributed by atoms with E-state index in [1.807, 2.05) is 31.2 Å². The van der Waals surface area contributed by atoms with Crippen molar-refractivity contribution < 1.29 is 19.1 Å². The van der Waals surface area contributed by atoms with E-state index in [1.54, 1.807) is 31.2 Å². The first kappa shape index (κ1) is 16.5. The van der Waals surface area contributed by atoms with Crippen molar-refractivity contribution in [3.8, 4) is 0 Å². The molecule has 2 rings (SSSR count). The average molecular weight is 313 g/mol. The fourth-order valence-corrected chi connectivity index (χ4v) is 2.01. The Bertz CT molecular complexity index is 680. The number of aryl methyl sites for hydroxylation is 1. The van der Waals surface area contributed by atoms with Gasteiger partial charge < -0.3 is 9.47 Å². The molecule has 23 heavy (non-hydrogen) atoms. The van der Waals surface area contributed by atoms with Crippen LogP contribution in [0.5, 0.6) is 0 Å². The molecule has 0 bridgehead atoms. The minimum Gasteiger partial charge on any atom is -0.457 e. The smallest absolute Gasteiger partial charge is 0.411 e. The van der Waals surface area contributed by atoms with Gasteiger partial charge in [-0.15, -0.1) is 0 Å². The number of hydrogen-bond acceptors (Lipinski definition) is 4. The Morgan fingerprint density at radius 3 is 2.43 bits per heavy atom. The van der Waals surface area contributed by atoms with Crippen LogP contribution in [0.25, 0.3) is 0 Å². The maximum absolute atomic E-state index is 12.0. The van der Waals surface area contributed by atoms with E-state index in [-0.39, 0.29) is 6.61 Å². The number of ether oxygens (including phenoxy) is 2. The van der Waals surface area contributed by atoms with Gasteiger partial charge in [0.2, 0.25) is 0 Å². The molecule has 0 fully saturated rings. The van der Waals surface area contributed by atoms with Crippen molar-refractivity contribution in [3.05, 3.63) is 65.2 Å². The fourth-order valence-electron chi connectivity index (χ4n) is 2.01. The summed E-state index contributed by atoms with van der Waals surface area (Å²) >= 11 is 0. The summed E-state index contributed by atoms with van der Waals surface area (Å²) in [7, 11) is 0. The summed E-state index contributed by atoms with van der Waals surface area (Å²) in [6.07, 6.45) is -0.526. The van der Waals surface area contributed by atoms with Crippen LogP contribution in [0.3, 0.4) is 0 Å². The lowest BCUT2D eigenvalue weighted by molar-refractivity contribution is 0.0472. The number of esters is 1. The topological polar surface area (TPSA) is 64.6 Å². The molecule has 5 heteroatoms. The van der Waals surface area contributed by atoms with Gasteiger partial charge in [-0.25, -0.2) is 9.59 Å². The summed E-state index contributed by atoms with van der Waals surface area (Å²) in [6, 6.07) is 14.2. The molecule has 2 aromatic rings. The van der Waals surface area contributed by atoms with Crippen molar-refractivity contribution >= 4 is 17.7 Å². The van der Waals surface area contributed by atoms with Gasteiger partial charge >= 0.3 is 12.1 Å². The van der Waals surface area contributed by atoms with Crippen LogP contribution in [0.1, 0.15) is 28.4 Å². The van der Waals surface area contributed by atoms with E-state index in [2.05, 4.69) is 5.32 Å². The average Bonchev–Trinajstić information content (AvgIpc) is 2.53. The monoisotopic (exact) mass is 313 g/mol. The molecule has 2 aromatic carbocycles. The van der Waals surface area contributed by atoms with E-state index in [9.17, 15) is 9.59 Å². The molecule has 0 unspecified atom stereocenters. The minimum absolute atomic E-state index is 0.226. The Labute approximate surface area is 135 Å². The van der Waals surface area contributed by atoms with Gasteiger partial charge in [0.25, 0.3) is 0 Å². The predicted molar refractivity (Wildman–Crippen MR) is 87.4 cm³/mol. The number of carbonyl (C=O) groups excluding carboxylic acids is 2. The third-order valence-corrected chi connectivity index (χ3v) is 3.09. The molecule has 0 saturated carbocycles. The highest BCUT2D eigenvalue weighted by Gasteiger charge is 2.08. The largest absolute Gasteiger partial charge is 0.457 e. The third kappa shape index (κ3) is 5.14. The lowest BCUT2D eigenvalue weighted by Crippen LogP contribution is -2.13. The van der Waals surface area contributed by atoms with Crippen LogP contribution >= 0.6 is 0 Å². The molecule has 0 radical (unpaired) electrons. The second kappa shape index (κ2) is 7.98.